The fourth-order valence-corrected chi connectivity index (χ4v) is 2.71. The zero-order valence-electron chi connectivity index (χ0n) is 14.6. The molecule has 1 aromatic heterocycles. The maximum atomic E-state index is 12.3. The summed E-state index contributed by atoms with van der Waals surface area (Å²) in [4.78, 5) is 7.90. The van der Waals surface area contributed by atoms with Crippen LogP contribution in [0, 0.1) is 11.3 Å². The molecule has 1 atom stereocenters. The van der Waals surface area contributed by atoms with Crippen molar-refractivity contribution in [2.75, 3.05) is 17.6 Å². The molecule has 2 N–H and O–H groups in total. The Labute approximate surface area is 159 Å². The second-order valence-electron chi connectivity index (χ2n) is 5.47. The maximum absolute atomic E-state index is 12.3. The van der Waals surface area contributed by atoms with Crippen molar-refractivity contribution in [2.45, 2.75) is 19.3 Å². The van der Waals surface area contributed by atoms with Crippen LogP contribution in [0.4, 0.5) is 19.1 Å². The van der Waals surface area contributed by atoms with Crippen LogP contribution in [0.1, 0.15) is 24.1 Å². The lowest BCUT2D eigenvalue weighted by molar-refractivity contribution is -0.274. The molecule has 8 nitrogen and oxygen atoms in total. The van der Waals surface area contributed by atoms with Gasteiger partial charge in [0, 0.05) is 6.54 Å². The van der Waals surface area contributed by atoms with Crippen LogP contribution in [0.15, 0.2) is 36.7 Å². The van der Waals surface area contributed by atoms with Crippen molar-refractivity contribution in [3.8, 4) is 11.8 Å². The average Bonchev–Trinajstić information content (AvgIpc) is 2.65. The number of ether oxygens (including phenoxy) is 1. The van der Waals surface area contributed by atoms with Crippen molar-refractivity contribution in [1.82, 2.24) is 14.7 Å². The Kier molecular flexibility index (Phi) is 6.76. The Morgan fingerprint density at radius 2 is 1.82 bits per heavy atom. The molecule has 0 amide bonds. The second-order valence-corrected chi connectivity index (χ2v) is 7.57. The van der Waals surface area contributed by atoms with Crippen LogP contribution in [-0.4, -0.2) is 37.0 Å². The summed E-state index contributed by atoms with van der Waals surface area (Å²) in [6.45, 7) is 1.37. The normalized spacial score (nSPS) is 12.8. The molecule has 0 aliphatic rings. The van der Waals surface area contributed by atoms with Gasteiger partial charge in [-0.1, -0.05) is 12.1 Å². The molecule has 0 saturated heterocycles. The molecule has 12 heteroatoms. The van der Waals surface area contributed by atoms with Crippen molar-refractivity contribution in [2.24, 2.45) is 0 Å². The smallest absolute Gasteiger partial charge is 0.406 e. The van der Waals surface area contributed by atoms with Crippen LogP contribution in [0.2, 0.25) is 0 Å². The van der Waals surface area contributed by atoms with E-state index in [1.807, 2.05) is 6.07 Å². The number of benzene rings is 1. The molecule has 150 valence electrons. The molecule has 2 aromatic rings. The highest BCUT2D eigenvalue weighted by Gasteiger charge is 2.31. The molecule has 1 aromatic carbocycles. The number of nitrogens with zero attached hydrogens (tertiary/aromatic N) is 3. The topological polar surface area (TPSA) is 117 Å². The molecule has 1 unspecified atom stereocenters. The predicted molar refractivity (Wildman–Crippen MR) is 93.7 cm³/mol. The highest BCUT2D eigenvalue weighted by atomic mass is 32.2. The summed E-state index contributed by atoms with van der Waals surface area (Å²) >= 11 is 0. The summed E-state index contributed by atoms with van der Waals surface area (Å²) in [5.41, 5.74) is 0.712. The van der Waals surface area contributed by atoms with E-state index in [0.29, 0.717) is 5.56 Å². The number of aromatic nitrogens is 2. The van der Waals surface area contributed by atoms with E-state index in [1.54, 1.807) is 0 Å². The van der Waals surface area contributed by atoms with Crippen LogP contribution in [0.5, 0.6) is 5.75 Å². The number of anilines is 1. The van der Waals surface area contributed by atoms with Gasteiger partial charge in [0.2, 0.25) is 16.0 Å². The van der Waals surface area contributed by atoms with E-state index >= 15 is 0 Å². The molecule has 28 heavy (non-hydrogen) atoms. The number of nitrogens with one attached hydrogen (secondary N) is 2. The van der Waals surface area contributed by atoms with Crippen LogP contribution in [-0.2, 0) is 10.0 Å². The van der Waals surface area contributed by atoms with E-state index < -0.39 is 28.2 Å². The van der Waals surface area contributed by atoms with Crippen LogP contribution >= 0.6 is 0 Å². The lowest BCUT2D eigenvalue weighted by atomic mass is 10.1. The molecule has 2 rings (SSSR count). The Morgan fingerprint density at radius 3 is 2.32 bits per heavy atom. The fraction of sp³-hybridized carbons (Fsp3) is 0.312. The summed E-state index contributed by atoms with van der Waals surface area (Å²) in [5.74, 6) is -0.417. The molecule has 0 radical (unpaired) electrons. The van der Waals surface area contributed by atoms with E-state index in [2.05, 4.69) is 24.7 Å². The summed E-state index contributed by atoms with van der Waals surface area (Å²) in [5, 5.41) is 11.7. The maximum Gasteiger partial charge on any atom is 0.573 e. The van der Waals surface area contributed by atoms with Crippen molar-refractivity contribution >= 4 is 16.0 Å². The zero-order chi connectivity index (χ0) is 20.8. The lowest BCUT2D eigenvalue weighted by Gasteiger charge is -2.20. The van der Waals surface area contributed by atoms with Gasteiger partial charge in [-0.05, 0) is 24.6 Å². The molecule has 1 heterocycles. The summed E-state index contributed by atoms with van der Waals surface area (Å²) < 4.78 is 66.5. The number of sulfonamides is 1. The first-order chi connectivity index (χ1) is 13.1. The Morgan fingerprint density at radius 1 is 1.21 bits per heavy atom. The van der Waals surface area contributed by atoms with Gasteiger partial charge in [0.15, 0.2) is 0 Å². The van der Waals surface area contributed by atoms with Crippen molar-refractivity contribution in [3.05, 3.63) is 47.8 Å². The molecule has 0 aliphatic heterocycles. The Bertz CT molecular complexity index is 926. The standard InChI is InChI=1S/C16H16F3N5O3S/c1-2-28(25,26)23-10-14(24-15-21-8-11(7-20)9-22-15)12-3-5-13(6-4-12)27-16(17,18)19/h3-6,8-9,14,23H,2,10H2,1H3,(H,21,22,24). The first-order valence-corrected chi connectivity index (χ1v) is 9.59. The minimum Gasteiger partial charge on any atom is -0.406 e. The number of nitriles is 1. The number of halogens is 3. The molecule has 0 fully saturated rings. The van der Waals surface area contributed by atoms with Crippen molar-refractivity contribution in [1.29, 1.82) is 5.26 Å². The fourth-order valence-electron chi connectivity index (χ4n) is 2.08. The van der Waals surface area contributed by atoms with Crippen LogP contribution < -0.4 is 14.8 Å². The quantitative estimate of drug-likeness (QED) is 0.680. The van der Waals surface area contributed by atoms with E-state index in [0.717, 1.165) is 12.1 Å². The molecule has 0 bridgehead atoms. The van der Waals surface area contributed by atoms with Crippen LogP contribution in [0.25, 0.3) is 0 Å². The van der Waals surface area contributed by atoms with Gasteiger partial charge in [0.05, 0.1) is 29.8 Å². The monoisotopic (exact) mass is 415 g/mol. The number of hydrogen-bond acceptors (Lipinski definition) is 7. The van der Waals surface area contributed by atoms with Gasteiger partial charge in [-0.2, -0.15) is 5.26 Å². The first kappa shape index (κ1) is 21.4. The molecule has 0 saturated carbocycles. The average molecular weight is 415 g/mol. The largest absolute Gasteiger partial charge is 0.573 e. The lowest BCUT2D eigenvalue weighted by Crippen LogP contribution is -2.32. The van der Waals surface area contributed by atoms with E-state index in [1.165, 1.54) is 31.5 Å². The second kappa shape index (κ2) is 8.85. The van der Waals surface area contributed by atoms with E-state index in [4.69, 9.17) is 5.26 Å². The van der Waals surface area contributed by atoms with Gasteiger partial charge in [0.1, 0.15) is 11.8 Å². The minimum atomic E-state index is -4.81. The zero-order valence-corrected chi connectivity index (χ0v) is 15.4. The van der Waals surface area contributed by atoms with Gasteiger partial charge in [-0.25, -0.2) is 23.1 Å². The van der Waals surface area contributed by atoms with Crippen molar-refractivity contribution < 1.29 is 26.3 Å². The Balaban J connectivity index is 2.22. The molecular formula is C16H16F3N5O3S. The molecule has 0 aliphatic carbocycles. The Hall–Kier alpha value is -2.91. The number of rotatable bonds is 8. The van der Waals surface area contributed by atoms with Crippen molar-refractivity contribution in [3.63, 3.8) is 0 Å². The minimum absolute atomic E-state index is 0.0982. The SMILES string of the molecule is CCS(=O)(=O)NCC(Nc1ncc(C#N)cn1)c1ccc(OC(F)(F)F)cc1. The third-order valence-corrected chi connectivity index (χ3v) is 4.85. The van der Waals surface area contributed by atoms with Gasteiger partial charge in [0.25, 0.3) is 0 Å². The molecular weight excluding hydrogens is 399 g/mol. The van der Waals surface area contributed by atoms with E-state index in [-0.39, 0.29) is 23.8 Å². The third kappa shape index (κ3) is 6.67. The number of hydrogen-bond donors (Lipinski definition) is 2. The summed E-state index contributed by atoms with van der Waals surface area (Å²) in [7, 11) is -3.51. The van der Waals surface area contributed by atoms with E-state index in [9.17, 15) is 21.6 Å². The number of alkyl halides is 3. The van der Waals surface area contributed by atoms with Gasteiger partial charge >= 0.3 is 6.36 Å². The van der Waals surface area contributed by atoms with Gasteiger partial charge in [-0.15, -0.1) is 13.2 Å². The summed E-state index contributed by atoms with van der Waals surface area (Å²) in [6, 6.07) is 6.14. The van der Waals surface area contributed by atoms with Gasteiger partial charge < -0.3 is 10.1 Å². The third-order valence-electron chi connectivity index (χ3n) is 3.49. The predicted octanol–water partition coefficient (Wildman–Crippen LogP) is 2.34. The first-order valence-electron chi connectivity index (χ1n) is 7.93. The van der Waals surface area contributed by atoms with Crippen LogP contribution in [0.3, 0.4) is 0 Å². The highest BCUT2D eigenvalue weighted by molar-refractivity contribution is 7.89. The van der Waals surface area contributed by atoms with Gasteiger partial charge in [-0.3, -0.25) is 0 Å². The highest BCUT2D eigenvalue weighted by Crippen LogP contribution is 2.25. The summed E-state index contributed by atoms with van der Waals surface area (Å²) in [6.07, 6.45) is -2.25. The molecule has 0 spiro atoms.